The third-order valence-corrected chi connectivity index (χ3v) is 6.25. The van der Waals surface area contributed by atoms with Crippen molar-refractivity contribution < 1.29 is 19.1 Å². The van der Waals surface area contributed by atoms with Crippen LogP contribution >= 0.6 is 0 Å². The van der Waals surface area contributed by atoms with Crippen molar-refractivity contribution in [2.75, 3.05) is 6.54 Å². The Morgan fingerprint density at radius 3 is 2.47 bits per heavy atom. The lowest BCUT2D eigenvalue weighted by Gasteiger charge is -2.36. The first-order chi connectivity index (χ1) is 14.5. The highest BCUT2D eigenvalue weighted by Gasteiger charge is 2.55. The van der Waals surface area contributed by atoms with E-state index in [0.717, 1.165) is 40.9 Å². The Hall–Kier alpha value is -3.15. The molecule has 1 N–H and O–H groups in total. The number of amides is 3. The van der Waals surface area contributed by atoms with E-state index >= 15 is 0 Å². The molecule has 6 heteroatoms. The smallest absolute Gasteiger partial charge is 0.326 e. The summed E-state index contributed by atoms with van der Waals surface area (Å²) in [5, 5.41) is 2.85. The number of hydrogen-bond acceptors (Lipinski definition) is 4. The van der Waals surface area contributed by atoms with Crippen LogP contribution < -0.4 is 5.32 Å². The predicted octanol–water partition coefficient (Wildman–Crippen LogP) is 3.90. The maximum absolute atomic E-state index is 12.9. The molecule has 1 heterocycles. The van der Waals surface area contributed by atoms with Crippen LogP contribution in [0.5, 0.6) is 0 Å². The Balaban J connectivity index is 1.34. The number of carbonyl (C=O) groups excluding carboxylic acids is 3. The fraction of sp³-hybridized carbons (Fsp3) is 0.375. The SMILES string of the molecule is C[C@@H]1CCCC[C@@]12NC(=O)N(CC(=O)OCc1ccc(-c3ccccc3)cc1)C2=O. The average molecular weight is 406 g/mol. The number of hydrogen-bond donors (Lipinski definition) is 1. The highest BCUT2D eigenvalue weighted by Crippen LogP contribution is 2.38. The fourth-order valence-electron chi connectivity index (χ4n) is 4.40. The van der Waals surface area contributed by atoms with Gasteiger partial charge >= 0.3 is 12.0 Å². The third-order valence-electron chi connectivity index (χ3n) is 6.25. The van der Waals surface area contributed by atoms with Gasteiger partial charge in [-0.05, 0) is 35.4 Å². The Morgan fingerprint density at radius 1 is 1.07 bits per heavy atom. The van der Waals surface area contributed by atoms with Gasteiger partial charge in [0.1, 0.15) is 18.7 Å². The van der Waals surface area contributed by atoms with Crippen molar-refractivity contribution in [2.45, 2.75) is 44.8 Å². The number of benzene rings is 2. The van der Waals surface area contributed by atoms with Gasteiger partial charge in [0.05, 0.1) is 0 Å². The molecular weight excluding hydrogens is 380 g/mol. The van der Waals surface area contributed by atoms with Gasteiger partial charge in [0, 0.05) is 0 Å². The Morgan fingerprint density at radius 2 is 1.77 bits per heavy atom. The minimum atomic E-state index is -0.858. The van der Waals surface area contributed by atoms with Gasteiger partial charge in [-0.1, -0.05) is 74.4 Å². The lowest BCUT2D eigenvalue weighted by molar-refractivity contribution is -0.149. The molecule has 1 spiro atoms. The van der Waals surface area contributed by atoms with Crippen LogP contribution in [-0.2, 0) is 20.9 Å². The second kappa shape index (κ2) is 8.30. The van der Waals surface area contributed by atoms with E-state index in [0.29, 0.717) is 6.42 Å². The molecule has 4 rings (SSSR count). The molecule has 1 saturated carbocycles. The van der Waals surface area contributed by atoms with Gasteiger partial charge in [-0.2, -0.15) is 0 Å². The zero-order chi connectivity index (χ0) is 21.1. The molecule has 1 aliphatic heterocycles. The van der Waals surface area contributed by atoms with Crippen molar-refractivity contribution in [1.29, 1.82) is 0 Å². The first-order valence-electron chi connectivity index (χ1n) is 10.4. The standard InChI is InChI=1S/C24H26N2O4/c1-17-7-5-6-14-24(17)22(28)26(23(29)25-24)15-21(27)30-16-18-10-12-20(13-11-18)19-8-3-2-4-9-19/h2-4,8-13,17H,5-7,14-16H2,1H3,(H,25,29)/t17-,24-/m1/s1. The molecule has 6 nitrogen and oxygen atoms in total. The maximum Gasteiger partial charge on any atom is 0.326 e. The summed E-state index contributed by atoms with van der Waals surface area (Å²) in [7, 11) is 0. The molecule has 2 aromatic rings. The number of urea groups is 1. The van der Waals surface area contributed by atoms with Crippen LogP contribution in [0.1, 0.15) is 38.2 Å². The van der Waals surface area contributed by atoms with E-state index < -0.39 is 17.5 Å². The number of imide groups is 1. The van der Waals surface area contributed by atoms with Crippen molar-refractivity contribution in [2.24, 2.45) is 5.92 Å². The molecule has 3 amide bonds. The largest absolute Gasteiger partial charge is 0.459 e. The summed E-state index contributed by atoms with van der Waals surface area (Å²) >= 11 is 0. The minimum Gasteiger partial charge on any atom is -0.459 e. The summed E-state index contributed by atoms with van der Waals surface area (Å²) in [6.45, 7) is 1.72. The Kier molecular flexibility index (Phi) is 5.57. The highest BCUT2D eigenvalue weighted by atomic mass is 16.5. The number of ether oxygens (including phenoxy) is 1. The molecule has 2 atom stereocenters. The quantitative estimate of drug-likeness (QED) is 0.604. The highest BCUT2D eigenvalue weighted by molar-refractivity contribution is 6.08. The molecule has 30 heavy (non-hydrogen) atoms. The molecule has 2 fully saturated rings. The number of nitrogens with one attached hydrogen (secondary N) is 1. The van der Waals surface area contributed by atoms with Gasteiger partial charge in [-0.3, -0.25) is 14.5 Å². The number of nitrogens with zero attached hydrogens (tertiary/aromatic N) is 1. The number of carbonyl (C=O) groups is 3. The van der Waals surface area contributed by atoms with Crippen LogP contribution in [0.3, 0.4) is 0 Å². The molecule has 0 aromatic heterocycles. The normalized spacial score (nSPS) is 23.5. The van der Waals surface area contributed by atoms with Crippen molar-refractivity contribution in [3.63, 3.8) is 0 Å². The molecule has 2 aromatic carbocycles. The summed E-state index contributed by atoms with van der Waals surface area (Å²) in [5.74, 6) is -0.832. The summed E-state index contributed by atoms with van der Waals surface area (Å²) in [5.41, 5.74) is 2.18. The van der Waals surface area contributed by atoms with Gasteiger partial charge < -0.3 is 10.1 Å². The lowest BCUT2D eigenvalue weighted by atomic mass is 9.73. The molecule has 2 aliphatic rings. The second-order valence-electron chi connectivity index (χ2n) is 8.16. The van der Waals surface area contributed by atoms with Crippen molar-refractivity contribution in [3.05, 3.63) is 60.2 Å². The van der Waals surface area contributed by atoms with E-state index in [4.69, 9.17) is 4.74 Å². The van der Waals surface area contributed by atoms with E-state index in [1.54, 1.807) is 0 Å². The van der Waals surface area contributed by atoms with Crippen LogP contribution in [-0.4, -0.2) is 34.9 Å². The molecule has 156 valence electrons. The minimum absolute atomic E-state index is 0.0619. The number of rotatable bonds is 5. The zero-order valence-electron chi connectivity index (χ0n) is 17.1. The van der Waals surface area contributed by atoms with E-state index in [9.17, 15) is 14.4 Å². The van der Waals surface area contributed by atoms with Gasteiger partial charge in [0.25, 0.3) is 5.91 Å². The third kappa shape index (κ3) is 3.82. The lowest BCUT2D eigenvalue weighted by Crippen LogP contribution is -2.54. The topological polar surface area (TPSA) is 75.7 Å². The van der Waals surface area contributed by atoms with Crippen LogP contribution in [0.15, 0.2) is 54.6 Å². The summed E-state index contributed by atoms with van der Waals surface area (Å²) in [4.78, 5) is 38.6. The van der Waals surface area contributed by atoms with Crippen molar-refractivity contribution in [3.8, 4) is 11.1 Å². The molecule has 1 saturated heterocycles. The predicted molar refractivity (Wildman–Crippen MR) is 112 cm³/mol. The van der Waals surface area contributed by atoms with Gasteiger partial charge in [-0.25, -0.2) is 4.79 Å². The number of esters is 1. The van der Waals surface area contributed by atoms with Crippen LogP contribution in [0, 0.1) is 5.92 Å². The van der Waals surface area contributed by atoms with Crippen molar-refractivity contribution >= 4 is 17.9 Å². The summed E-state index contributed by atoms with van der Waals surface area (Å²) < 4.78 is 5.32. The van der Waals surface area contributed by atoms with Crippen LogP contribution in [0.25, 0.3) is 11.1 Å². The van der Waals surface area contributed by atoms with E-state index in [1.165, 1.54) is 0 Å². The Labute approximate surface area is 176 Å². The Bertz CT molecular complexity index is 941. The molecule has 0 radical (unpaired) electrons. The summed E-state index contributed by atoms with van der Waals surface area (Å²) in [6, 6.07) is 17.3. The second-order valence-corrected chi connectivity index (χ2v) is 8.16. The first-order valence-corrected chi connectivity index (χ1v) is 10.4. The molecule has 1 aliphatic carbocycles. The molecule has 0 unspecified atom stereocenters. The van der Waals surface area contributed by atoms with E-state index in [-0.39, 0.29) is 25.0 Å². The summed E-state index contributed by atoms with van der Waals surface area (Å²) in [6.07, 6.45) is 3.46. The monoisotopic (exact) mass is 406 g/mol. The van der Waals surface area contributed by atoms with Gasteiger partial charge in [0.15, 0.2) is 0 Å². The van der Waals surface area contributed by atoms with Crippen LogP contribution in [0.4, 0.5) is 4.79 Å². The molecular formula is C24H26N2O4. The molecule has 0 bridgehead atoms. The van der Waals surface area contributed by atoms with E-state index in [2.05, 4.69) is 5.32 Å². The maximum atomic E-state index is 12.9. The first kappa shape index (κ1) is 20.1. The van der Waals surface area contributed by atoms with Gasteiger partial charge in [-0.15, -0.1) is 0 Å². The van der Waals surface area contributed by atoms with Crippen LogP contribution in [0.2, 0.25) is 0 Å². The fourth-order valence-corrected chi connectivity index (χ4v) is 4.40. The van der Waals surface area contributed by atoms with Crippen molar-refractivity contribution in [1.82, 2.24) is 10.2 Å². The van der Waals surface area contributed by atoms with E-state index in [1.807, 2.05) is 61.5 Å². The van der Waals surface area contributed by atoms with Gasteiger partial charge in [0.2, 0.25) is 0 Å². The zero-order valence-corrected chi connectivity index (χ0v) is 17.1. The average Bonchev–Trinajstić information content (AvgIpc) is 3.00.